The second-order valence-corrected chi connectivity index (χ2v) is 5.13. The number of anilines is 1. The number of nitrogens with zero attached hydrogens (tertiary/aromatic N) is 3. The molecule has 2 aromatic rings. The summed E-state index contributed by atoms with van der Waals surface area (Å²) < 4.78 is 11.1. The number of oxazole rings is 1. The van der Waals surface area contributed by atoms with E-state index in [1.807, 2.05) is 35.2 Å². The van der Waals surface area contributed by atoms with Crippen LogP contribution in [0, 0.1) is 11.3 Å². The van der Waals surface area contributed by atoms with Crippen molar-refractivity contribution < 1.29 is 9.15 Å². The number of benzene rings is 1. The number of nitriles is 1. The minimum Gasteiger partial charge on any atom is -0.496 e. The summed E-state index contributed by atoms with van der Waals surface area (Å²) in [5, 5.41) is 12.5. The Hall–Kier alpha value is -2.78. The fourth-order valence-electron chi connectivity index (χ4n) is 2.52. The first kappa shape index (κ1) is 15.1. The quantitative estimate of drug-likeness (QED) is 0.932. The normalized spacial score (nSPS) is 14.9. The molecule has 3 rings (SSSR count). The van der Waals surface area contributed by atoms with Gasteiger partial charge < -0.3 is 19.4 Å². The summed E-state index contributed by atoms with van der Waals surface area (Å²) in [5.74, 6) is 1.74. The van der Waals surface area contributed by atoms with Gasteiger partial charge in [0.25, 0.3) is 0 Å². The molecular weight excluding hydrogens is 292 g/mol. The molecule has 0 spiro atoms. The molecule has 1 N–H and O–H groups in total. The van der Waals surface area contributed by atoms with Crippen LogP contribution in [-0.2, 0) is 0 Å². The van der Waals surface area contributed by atoms with Gasteiger partial charge in [-0.25, -0.2) is 0 Å². The van der Waals surface area contributed by atoms with E-state index in [-0.39, 0.29) is 0 Å². The van der Waals surface area contributed by atoms with Crippen molar-refractivity contribution in [3.05, 3.63) is 41.4 Å². The van der Waals surface area contributed by atoms with Gasteiger partial charge in [-0.1, -0.05) is 18.2 Å². The monoisotopic (exact) mass is 310 g/mol. The molecule has 0 bridgehead atoms. The number of hydrogen-bond acceptors (Lipinski definition) is 6. The zero-order valence-electron chi connectivity index (χ0n) is 13.0. The maximum Gasteiger partial charge on any atom is 0.235 e. The fourth-order valence-corrected chi connectivity index (χ4v) is 2.52. The lowest BCUT2D eigenvalue weighted by atomic mass is 10.2. The Morgan fingerprint density at radius 2 is 2.09 bits per heavy atom. The lowest BCUT2D eigenvalue weighted by Crippen LogP contribution is -2.43. The van der Waals surface area contributed by atoms with Crippen molar-refractivity contribution in [2.45, 2.75) is 0 Å². The Balaban J connectivity index is 1.85. The third-order valence-electron chi connectivity index (χ3n) is 3.68. The first-order valence-corrected chi connectivity index (χ1v) is 7.49. The Morgan fingerprint density at radius 3 is 2.83 bits per heavy atom. The van der Waals surface area contributed by atoms with Crippen LogP contribution in [0.4, 0.5) is 5.88 Å². The van der Waals surface area contributed by atoms with Gasteiger partial charge in [0.15, 0.2) is 0 Å². The van der Waals surface area contributed by atoms with Gasteiger partial charge in [0.1, 0.15) is 11.8 Å². The van der Waals surface area contributed by atoms with Crippen LogP contribution in [0.25, 0.3) is 12.2 Å². The van der Waals surface area contributed by atoms with E-state index in [4.69, 9.17) is 9.15 Å². The Kier molecular flexibility index (Phi) is 4.60. The average molecular weight is 310 g/mol. The van der Waals surface area contributed by atoms with Crippen molar-refractivity contribution in [2.24, 2.45) is 0 Å². The Labute approximate surface area is 135 Å². The lowest BCUT2D eigenvalue weighted by Gasteiger charge is -2.26. The van der Waals surface area contributed by atoms with Crippen molar-refractivity contribution in [3.63, 3.8) is 0 Å². The smallest absolute Gasteiger partial charge is 0.235 e. The highest BCUT2D eigenvalue weighted by Gasteiger charge is 2.20. The molecule has 118 valence electrons. The fraction of sp³-hybridized carbons (Fsp3) is 0.294. The molecule has 0 aliphatic carbocycles. The first-order valence-electron chi connectivity index (χ1n) is 7.49. The summed E-state index contributed by atoms with van der Waals surface area (Å²) in [5.41, 5.74) is 1.25. The number of piperazine rings is 1. The zero-order valence-corrected chi connectivity index (χ0v) is 13.0. The molecule has 6 nitrogen and oxygen atoms in total. The molecule has 0 saturated carbocycles. The van der Waals surface area contributed by atoms with Crippen molar-refractivity contribution >= 4 is 18.0 Å². The van der Waals surface area contributed by atoms with E-state index in [2.05, 4.69) is 16.4 Å². The highest BCUT2D eigenvalue weighted by Crippen LogP contribution is 2.24. The minimum absolute atomic E-state index is 0.326. The molecule has 1 aromatic heterocycles. The number of methoxy groups -OCH3 is 1. The molecular formula is C17H18N4O2. The number of rotatable bonds is 4. The standard InChI is InChI=1S/C17H18N4O2/c1-22-15-5-3-2-4-13(15)6-7-16-20-14(12-18)17(23-16)21-10-8-19-9-11-21/h2-7,19H,8-11H2,1H3. The molecule has 1 fully saturated rings. The summed E-state index contributed by atoms with van der Waals surface area (Å²) in [6, 6.07) is 9.79. The minimum atomic E-state index is 0.326. The van der Waals surface area contributed by atoms with E-state index in [1.165, 1.54) is 0 Å². The number of aromatic nitrogens is 1. The van der Waals surface area contributed by atoms with Crippen LogP contribution in [0.2, 0.25) is 0 Å². The van der Waals surface area contributed by atoms with Gasteiger partial charge in [0.05, 0.1) is 7.11 Å². The number of nitrogens with one attached hydrogen (secondary N) is 1. The third kappa shape index (κ3) is 3.35. The Bertz CT molecular complexity index is 739. The predicted molar refractivity (Wildman–Crippen MR) is 88.2 cm³/mol. The van der Waals surface area contributed by atoms with E-state index in [1.54, 1.807) is 13.2 Å². The summed E-state index contributed by atoms with van der Waals surface area (Å²) >= 11 is 0. The van der Waals surface area contributed by atoms with E-state index >= 15 is 0 Å². The highest BCUT2D eigenvalue weighted by atomic mass is 16.5. The van der Waals surface area contributed by atoms with Gasteiger partial charge in [-0.15, -0.1) is 0 Å². The number of para-hydroxylation sites is 1. The third-order valence-corrected chi connectivity index (χ3v) is 3.68. The van der Waals surface area contributed by atoms with Crippen molar-refractivity contribution in [2.75, 3.05) is 38.2 Å². The van der Waals surface area contributed by atoms with Crippen LogP contribution >= 0.6 is 0 Å². The molecule has 0 atom stereocenters. The topological polar surface area (TPSA) is 74.3 Å². The molecule has 0 unspecified atom stereocenters. The van der Waals surface area contributed by atoms with Gasteiger partial charge in [0, 0.05) is 37.8 Å². The molecule has 0 radical (unpaired) electrons. The lowest BCUT2D eigenvalue weighted by molar-refractivity contribution is 0.414. The van der Waals surface area contributed by atoms with Crippen LogP contribution in [0.1, 0.15) is 17.1 Å². The van der Waals surface area contributed by atoms with Gasteiger partial charge in [-0.3, -0.25) is 0 Å². The number of hydrogen-bond donors (Lipinski definition) is 1. The molecule has 1 aromatic carbocycles. The van der Waals surface area contributed by atoms with Crippen molar-refractivity contribution in [1.29, 1.82) is 5.26 Å². The van der Waals surface area contributed by atoms with Crippen LogP contribution in [0.15, 0.2) is 28.7 Å². The molecule has 1 aliphatic heterocycles. The molecule has 23 heavy (non-hydrogen) atoms. The molecule has 1 aliphatic rings. The van der Waals surface area contributed by atoms with Gasteiger partial charge in [-0.2, -0.15) is 10.2 Å². The van der Waals surface area contributed by atoms with Crippen LogP contribution < -0.4 is 15.0 Å². The zero-order chi connectivity index (χ0) is 16.1. The molecule has 1 saturated heterocycles. The first-order chi connectivity index (χ1) is 11.3. The summed E-state index contributed by atoms with van der Waals surface area (Å²) in [6.45, 7) is 3.36. The van der Waals surface area contributed by atoms with Gasteiger partial charge in [-0.05, 0) is 12.1 Å². The maximum atomic E-state index is 9.27. The van der Waals surface area contributed by atoms with Crippen molar-refractivity contribution in [3.8, 4) is 11.8 Å². The molecule has 0 amide bonds. The second kappa shape index (κ2) is 6.99. The van der Waals surface area contributed by atoms with Gasteiger partial charge >= 0.3 is 0 Å². The predicted octanol–water partition coefficient (Wildman–Crippen LogP) is 2.13. The summed E-state index contributed by atoms with van der Waals surface area (Å²) in [6.07, 6.45) is 3.62. The average Bonchev–Trinajstić information content (AvgIpc) is 3.04. The highest BCUT2D eigenvalue weighted by molar-refractivity contribution is 5.70. The van der Waals surface area contributed by atoms with E-state index < -0.39 is 0 Å². The maximum absolute atomic E-state index is 9.27. The van der Waals surface area contributed by atoms with E-state index in [0.29, 0.717) is 17.5 Å². The molecule has 2 heterocycles. The summed E-state index contributed by atoms with van der Waals surface area (Å²) in [7, 11) is 1.63. The largest absolute Gasteiger partial charge is 0.496 e. The van der Waals surface area contributed by atoms with Gasteiger partial charge in [0.2, 0.25) is 17.5 Å². The second-order valence-electron chi connectivity index (χ2n) is 5.13. The SMILES string of the molecule is COc1ccccc1C=Cc1nc(C#N)c(N2CCNCC2)o1. The van der Waals surface area contributed by atoms with E-state index in [0.717, 1.165) is 37.5 Å². The van der Waals surface area contributed by atoms with E-state index in [9.17, 15) is 5.26 Å². The molecule has 6 heteroatoms. The van der Waals surface area contributed by atoms with Crippen LogP contribution in [0.5, 0.6) is 5.75 Å². The number of ether oxygens (including phenoxy) is 1. The Morgan fingerprint density at radius 1 is 1.30 bits per heavy atom. The summed E-state index contributed by atoms with van der Waals surface area (Å²) in [4.78, 5) is 6.30. The van der Waals surface area contributed by atoms with Crippen LogP contribution in [-0.4, -0.2) is 38.3 Å². The van der Waals surface area contributed by atoms with Crippen molar-refractivity contribution in [1.82, 2.24) is 10.3 Å². The van der Waals surface area contributed by atoms with Crippen LogP contribution in [0.3, 0.4) is 0 Å².